The second kappa shape index (κ2) is 8.67. The van der Waals surface area contributed by atoms with E-state index in [4.69, 9.17) is 4.74 Å². The lowest BCUT2D eigenvalue weighted by atomic mass is 9.99. The van der Waals surface area contributed by atoms with E-state index in [1.165, 1.54) is 5.56 Å². The highest BCUT2D eigenvalue weighted by atomic mass is 16.5. The van der Waals surface area contributed by atoms with Gasteiger partial charge in [-0.15, -0.1) is 0 Å². The second-order valence-electron chi connectivity index (χ2n) is 8.74. The Labute approximate surface area is 189 Å². The monoisotopic (exact) mass is 427 g/mol. The molecule has 32 heavy (non-hydrogen) atoms. The van der Waals surface area contributed by atoms with Crippen LogP contribution in [0.4, 0.5) is 11.4 Å². The Balaban J connectivity index is 1.53. The number of likely N-dealkylation sites (N-methyl/N-ethyl adjacent to an activating group) is 1. The fourth-order valence-electron chi connectivity index (χ4n) is 4.55. The van der Waals surface area contributed by atoms with Crippen molar-refractivity contribution in [3.05, 3.63) is 77.4 Å². The number of rotatable bonds is 4. The number of fused-ring (bicyclic) bond motifs is 1. The van der Waals surface area contributed by atoms with Crippen molar-refractivity contribution < 1.29 is 9.53 Å². The molecule has 5 heteroatoms. The minimum absolute atomic E-state index is 0.0873. The predicted octanol–water partition coefficient (Wildman–Crippen LogP) is 4.60. The fraction of sp³-hybridized carbons (Fsp3) is 0.296. The maximum absolute atomic E-state index is 13.1. The first-order valence-corrected chi connectivity index (χ1v) is 11.3. The molecule has 3 aromatic rings. The van der Waals surface area contributed by atoms with Crippen LogP contribution in [-0.4, -0.2) is 50.6 Å². The molecule has 0 unspecified atom stereocenters. The summed E-state index contributed by atoms with van der Waals surface area (Å²) < 4.78 is 5.94. The van der Waals surface area contributed by atoms with Gasteiger partial charge in [-0.1, -0.05) is 42.0 Å². The number of nitrogens with zero attached hydrogens (tertiary/aromatic N) is 2. The Bertz CT molecular complexity index is 1150. The quantitative estimate of drug-likeness (QED) is 0.661. The molecule has 3 aromatic carbocycles. The summed E-state index contributed by atoms with van der Waals surface area (Å²) in [5.41, 5.74) is 7.03. The molecule has 1 N–H and O–H groups in total. The van der Waals surface area contributed by atoms with Crippen LogP contribution in [-0.2, 0) is 6.42 Å². The summed E-state index contributed by atoms with van der Waals surface area (Å²) in [6, 6.07) is 20.4. The van der Waals surface area contributed by atoms with Crippen molar-refractivity contribution in [1.29, 1.82) is 0 Å². The van der Waals surface area contributed by atoms with Crippen molar-refractivity contribution in [3.8, 4) is 16.9 Å². The third-order valence-corrected chi connectivity index (χ3v) is 6.39. The van der Waals surface area contributed by atoms with Gasteiger partial charge in [0, 0.05) is 43.7 Å². The Morgan fingerprint density at radius 3 is 2.59 bits per heavy atom. The van der Waals surface area contributed by atoms with Crippen LogP contribution in [0.5, 0.6) is 5.75 Å². The second-order valence-corrected chi connectivity index (χ2v) is 8.74. The van der Waals surface area contributed by atoms with Crippen LogP contribution in [0.15, 0.2) is 60.7 Å². The molecular formula is C27H29N3O2. The molecule has 0 atom stereocenters. The summed E-state index contributed by atoms with van der Waals surface area (Å²) in [5.74, 6) is 0.881. The number of hydrogen-bond acceptors (Lipinski definition) is 4. The number of para-hydroxylation sites is 1. The topological polar surface area (TPSA) is 44.8 Å². The number of carbonyl (C=O) groups is 1. The van der Waals surface area contributed by atoms with Crippen molar-refractivity contribution in [3.63, 3.8) is 0 Å². The molecule has 0 aliphatic carbocycles. The van der Waals surface area contributed by atoms with Crippen molar-refractivity contribution >= 4 is 17.3 Å². The molecule has 2 aliphatic rings. The van der Waals surface area contributed by atoms with E-state index in [0.717, 1.165) is 73.0 Å². The van der Waals surface area contributed by atoms with E-state index >= 15 is 0 Å². The summed E-state index contributed by atoms with van der Waals surface area (Å²) in [4.78, 5) is 17.8. The third-order valence-electron chi connectivity index (χ3n) is 6.39. The first-order valence-electron chi connectivity index (χ1n) is 11.3. The van der Waals surface area contributed by atoms with Gasteiger partial charge in [0.1, 0.15) is 5.75 Å². The predicted molar refractivity (Wildman–Crippen MR) is 130 cm³/mol. The van der Waals surface area contributed by atoms with E-state index in [2.05, 4.69) is 58.6 Å². The standard InChI is InChI=1S/C27H29N3O2/c1-19-5-3-7-22(17-19)27(31)28-24-18-21(23-8-4-6-20-11-16-32-26(20)23)9-10-25(24)30-14-12-29(2)13-15-30/h3-10,17-18H,11-16H2,1-2H3,(H,28,31). The molecule has 0 saturated carbocycles. The number of aryl methyl sites for hydroxylation is 1. The van der Waals surface area contributed by atoms with Gasteiger partial charge < -0.3 is 19.9 Å². The largest absolute Gasteiger partial charge is 0.492 e. The molecule has 2 heterocycles. The van der Waals surface area contributed by atoms with Gasteiger partial charge in [0.15, 0.2) is 0 Å². The highest BCUT2D eigenvalue weighted by molar-refractivity contribution is 6.06. The van der Waals surface area contributed by atoms with E-state index in [1.807, 2.05) is 31.2 Å². The summed E-state index contributed by atoms with van der Waals surface area (Å²) in [6.45, 7) is 6.62. The molecule has 5 rings (SSSR count). The van der Waals surface area contributed by atoms with Gasteiger partial charge in [-0.25, -0.2) is 0 Å². The van der Waals surface area contributed by atoms with E-state index in [9.17, 15) is 4.79 Å². The van der Waals surface area contributed by atoms with E-state index in [1.54, 1.807) is 0 Å². The molecule has 0 aromatic heterocycles. The molecule has 2 aliphatic heterocycles. The summed E-state index contributed by atoms with van der Waals surface area (Å²) in [7, 11) is 2.15. The number of hydrogen-bond donors (Lipinski definition) is 1. The highest BCUT2D eigenvalue weighted by Gasteiger charge is 2.21. The van der Waals surface area contributed by atoms with Crippen molar-refractivity contribution in [2.75, 3.05) is 50.1 Å². The summed E-state index contributed by atoms with van der Waals surface area (Å²) >= 11 is 0. The van der Waals surface area contributed by atoms with Crippen LogP contribution in [0.3, 0.4) is 0 Å². The third kappa shape index (κ3) is 4.08. The van der Waals surface area contributed by atoms with Crippen molar-refractivity contribution in [2.45, 2.75) is 13.3 Å². The maximum atomic E-state index is 13.1. The Morgan fingerprint density at radius 1 is 0.969 bits per heavy atom. The van der Waals surface area contributed by atoms with Crippen molar-refractivity contribution in [1.82, 2.24) is 4.90 Å². The van der Waals surface area contributed by atoms with Crippen LogP contribution in [0.1, 0.15) is 21.5 Å². The number of ether oxygens (including phenoxy) is 1. The number of nitrogens with one attached hydrogen (secondary N) is 1. The molecule has 0 bridgehead atoms. The van der Waals surface area contributed by atoms with Gasteiger partial charge in [0.2, 0.25) is 0 Å². The van der Waals surface area contributed by atoms with Gasteiger partial charge in [0.05, 0.1) is 18.0 Å². The van der Waals surface area contributed by atoms with E-state index in [0.29, 0.717) is 5.56 Å². The normalized spacial score (nSPS) is 15.9. The number of anilines is 2. The SMILES string of the molecule is Cc1cccc(C(=O)Nc2cc(-c3cccc4c3OCC4)ccc2N2CCN(C)CC2)c1. The van der Waals surface area contributed by atoms with Gasteiger partial charge in [-0.2, -0.15) is 0 Å². The smallest absolute Gasteiger partial charge is 0.255 e. The molecule has 0 spiro atoms. The molecule has 5 nitrogen and oxygen atoms in total. The molecule has 1 amide bonds. The van der Waals surface area contributed by atoms with Crippen molar-refractivity contribution in [2.24, 2.45) is 0 Å². The summed E-state index contributed by atoms with van der Waals surface area (Å²) in [5, 5.41) is 3.21. The average Bonchev–Trinajstić information content (AvgIpc) is 3.29. The first-order chi connectivity index (χ1) is 15.6. The Kier molecular flexibility index (Phi) is 5.58. The van der Waals surface area contributed by atoms with Crippen LogP contribution >= 0.6 is 0 Å². The van der Waals surface area contributed by atoms with Crippen LogP contribution < -0.4 is 15.0 Å². The van der Waals surface area contributed by atoms with Gasteiger partial charge in [-0.05, 0) is 49.4 Å². The highest BCUT2D eigenvalue weighted by Crippen LogP contribution is 2.40. The lowest BCUT2D eigenvalue weighted by Crippen LogP contribution is -2.44. The Morgan fingerprint density at radius 2 is 1.78 bits per heavy atom. The van der Waals surface area contributed by atoms with Gasteiger partial charge >= 0.3 is 0 Å². The average molecular weight is 428 g/mol. The zero-order chi connectivity index (χ0) is 22.1. The molecule has 1 fully saturated rings. The number of amides is 1. The fourth-order valence-corrected chi connectivity index (χ4v) is 4.55. The van der Waals surface area contributed by atoms with E-state index < -0.39 is 0 Å². The molecular weight excluding hydrogens is 398 g/mol. The zero-order valence-corrected chi connectivity index (χ0v) is 18.7. The Hall–Kier alpha value is -3.31. The van der Waals surface area contributed by atoms with Crippen LogP contribution in [0.2, 0.25) is 0 Å². The minimum Gasteiger partial charge on any atom is -0.492 e. The van der Waals surface area contributed by atoms with Gasteiger partial charge in [-0.3, -0.25) is 4.79 Å². The minimum atomic E-state index is -0.0873. The van der Waals surface area contributed by atoms with Crippen LogP contribution in [0.25, 0.3) is 11.1 Å². The molecule has 164 valence electrons. The number of benzene rings is 3. The summed E-state index contributed by atoms with van der Waals surface area (Å²) in [6.07, 6.45) is 0.944. The number of piperazine rings is 1. The lowest BCUT2D eigenvalue weighted by molar-refractivity contribution is 0.102. The van der Waals surface area contributed by atoms with E-state index in [-0.39, 0.29) is 5.91 Å². The van der Waals surface area contributed by atoms with Gasteiger partial charge in [0.25, 0.3) is 5.91 Å². The number of carbonyl (C=O) groups excluding carboxylic acids is 1. The zero-order valence-electron chi connectivity index (χ0n) is 18.7. The maximum Gasteiger partial charge on any atom is 0.255 e. The first kappa shape index (κ1) is 20.6. The molecule has 0 radical (unpaired) electrons. The van der Waals surface area contributed by atoms with Crippen LogP contribution in [0, 0.1) is 6.92 Å². The lowest BCUT2D eigenvalue weighted by Gasteiger charge is -2.35. The molecule has 1 saturated heterocycles.